The van der Waals surface area contributed by atoms with Crippen molar-refractivity contribution in [3.05, 3.63) is 29.8 Å². The number of hydrogen-bond donors (Lipinski definition) is 1. The molecule has 1 saturated heterocycles. The summed E-state index contributed by atoms with van der Waals surface area (Å²) in [6, 6.07) is 8.33. The van der Waals surface area contributed by atoms with Gasteiger partial charge >= 0.3 is 0 Å². The predicted molar refractivity (Wildman–Crippen MR) is 87.1 cm³/mol. The first kappa shape index (κ1) is 15.8. The van der Waals surface area contributed by atoms with Crippen molar-refractivity contribution in [1.29, 1.82) is 0 Å². The number of amides is 1. The first-order valence-corrected chi connectivity index (χ1v) is 7.92. The first-order valence-electron chi connectivity index (χ1n) is 7.92. The highest BCUT2D eigenvalue weighted by Gasteiger charge is 2.25. The summed E-state index contributed by atoms with van der Waals surface area (Å²) in [5.74, 6) is 0.223. The van der Waals surface area contributed by atoms with Crippen LogP contribution in [0.25, 0.3) is 0 Å². The van der Waals surface area contributed by atoms with Gasteiger partial charge in [0.2, 0.25) is 5.91 Å². The van der Waals surface area contributed by atoms with E-state index in [4.69, 9.17) is 5.73 Å². The Balaban J connectivity index is 1.80. The van der Waals surface area contributed by atoms with Gasteiger partial charge in [0.25, 0.3) is 0 Å². The average molecular weight is 289 g/mol. The summed E-state index contributed by atoms with van der Waals surface area (Å²) in [7, 11) is 1.92. The van der Waals surface area contributed by atoms with Crippen LogP contribution in [-0.4, -0.2) is 48.4 Å². The van der Waals surface area contributed by atoms with E-state index in [1.807, 2.05) is 36.2 Å². The molecule has 21 heavy (non-hydrogen) atoms. The van der Waals surface area contributed by atoms with Crippen LogP contribution < -0.4 is 5.73 Å². The van der Waals surface area contributed by atoms with E-state index in [1.54, 1.807) is 0 Å². The van der Waals surface area contributed by atoms with Crippen LogP contribution in [-0.2, 0) is 11.2 Å². The molecule has 1 aliphatic heterocycles. The third kappa shape index (κ3) is 4.46. The van der Waals surface area contributed by atoms with Crippen molar-refractivity contribution < 1.29 is 4.79 Å². The molecule has 116 valence electrons. The fraction of sp³-hybridized carbons (Fsp3) is 0.588. The molecule has 4 nitrogen and oxygen atoms in total. The molecule has 1 aromatic rings. The van der Waals surface area contributed by atoms with Gasteiger partial charge in [-0.2, -0.15) is 0 Å². The molecular weight excluding hydrogens is 262 g/mol. The van der Waals surface area contributed by atoms with Crippen molar-refractivity contribution in [3.8, 4) is 0 Å². The van der Waals surface area contributed by atoms with E-state index in [0.717, 1.165) is 30.8 Å². The molecule has 2 rings (SSSR count). The number of likely N-dealkylation sites (tertiary alicyclic amines) is 1. The van der Waals surface area contributed by atoms with Crippen LogP contribution in [0.1, 0.15) is 31.7 Å². The highest BCUT2D eigenvalue weighted by atomic mass is 16.2. The summed E-state index contributed by atoms with van der Waals surface area (Å²) in [6.45, 7) is 5.30. The summed E-state index contributed by atoms with van der Waals surface area (Å²) in [6.07, 6.45) is 3.78. The second-order valence-electron chi connectivity index (χ2n) is 5.94. The molecule has 1 unspecified atom stereocenters. The van der Waals surface area contributed by atoms with Gasteiger partial charge in [0, 0.05) is 31.7 Å². The van der Waals surface area contributed by atoms with E-state index >= 15 is 0 Å². The first-order chi connectivity index (χ1) is 10.1. The number of aryl methyl sites for hydroxylation is 1. The Kier molecular flexibility index (Phi) is 5.62. The van der Waals surface area contributed by atoms with E-state index in [-0.39, 0.29) is 5.91 Å². The quantitative estimate of drug-likeness (QED) is 0.816. The molecule has 0 radical (unpaired) electrons. The topological polar surface area (TPSA) is 49.6 Å². The van der Waals surface area contributed by atoms with Gasteiger partial charge in [-0.3, -0.25) is 9.69 Å². The zero-order valence-corrected chi connectivity index (χ0v) is 13.2. The summed E-state index contributed by atoms with van der Waals surface area (Å²) < 4.78 is 0. The number of rotatable bonds is 6. The average Bonchev–Trinajstić information content (AvgIpc) is 2.92. The van der Waals surface area contributed by atoms with Gasteiger partial charge in [-0.1, -0.05) is 19.1 Å². The number of anilines is 1. The molecule has 1 fully saturated rings. The minimum atomic E-state index is 0.223. The fourth-order valence-electron chi connectivity index (χ4n) is 3.13. The van der Waals surface area contributed by atoms with E-state index in [9.17, 15) is 4.79 Å². The number of hydrogen-bond acceptors (Lipinski definition) is 3. The minimum absolute atomic E-state index is 0.223. The highest BCUT2D eigenvalue weighted by molar-refractivity contribution is 5.76. The van der Waals surface area contributed by atoms with Crippen LogP contribution in [0.15, 0.2) is 24.3 Å². The lowest BCUT2D eigenvalue weighted by atomic mass is 10.1. The Bertz CT molecular complexity index is 475. The largest absolute Gasteiger partial charge is 0.399 e. The second kappa shape index (κ2) is 7.46. The summed E-state index contributed by atoms with van der Waals surface area (Å²) >= 11 is 0. The summed E-state index contributed by atoms with van der Waals surface area (Å²) in [5.41, 5.74) is 7.66. The minimum Gasteiger partial charge on any atom is -0.399 e. The zero-order chi connectivity index (χ0) is 15.2. The van der Waals surface area contributed by atoms with Crippen molar-refractivity contribution in [2.45, 2.75) is 38.6 Å². The van der Waals surface area contributed by atoms with E-state index in [1.165, 1.54) is 19.4 Å². The second-order valence-corrected chi connectivity index (χ2v) is 5.94. The van der Waals surface area contributed by atoms with Crippen molar-refractivity contribution >= 4 is 11.6 Å². The lowest BCUT2D eigenvalue weighted by Crippen LogP contribution is -2.41. The van der Waals surface area contributed by atoms with Crippen LogP contribution >= 0.6 is 0 Å². The zero-order valence-electron chi connectivity index (χ0n) is 13.2. The van der Waals surface area contributed by atoms with Gasteiger partial charge in [-0.05, 0) is 50.0 Å². The third-order valence-electron chi connectivity index (χ3n) is 4.39. The number of likely N-dealkylation sites (N-methyl/N-ethyl adjacent to an activating group) is 2. The van der Waals surface area contributed by atoms with Crippen LogP contribution in [0.2, 0.25) is 0 Å². The van der Waals surface area contributed by atoms with E-state index in [0.29, 0.717) is 12.5 Å². The molecule has 1 aromatic carbocycles. The molecule has 0 saturated carbocycles. The van der Waals surface area contributed by atoms with Gasteiger partial charge in [0.05, 0.1) is 0 Å². The number of carbonyl (C=O) groups is 1. The Hall–Kier alpha value is -1.55. The van der Waals surface area contributed by atoms with E-state index < -0.39 is 0 Å². The maximum Gasteiger partial charge on any atom is 0.222 e. The van der Waals surface area contributed by atoms with Crippen LogP contribution in [0.4, 0.5) is 5.69 Å². The smallest absolute Gasteiger partial charge is 0.222 e. The van der Waals surface area contributed by atoms with Gasteiger partial charge in [-0.25, -0.2) is 0 Å². The molecule has 0 aromatic heterocycles. The molecule has 1 atom stereocenters. The Labute approximate surface area is 127 Å². The third-order valence-corrected chi connectivity index (χ3v) is 4.39. The predicted octanol–water partition coefficient (Wildman–Crippen LogP) is 2.14. The van der Waals surface area contributed by atoms with Gasteiger partial charge in [0.15, 0.2) is 0 Å². The molecule has 1 amide bonds. The molecule has 0 bridgehead atoms. The molecular formula is C17H27N3O. The van der Waals surface area contributed by atoms with Crippen molar-refractivity contribution in [2.75, 3.05) is 32.4 Å². The number of carbonyl (C=O) groups excluding carboxylic acids is 1. The van der Waals surface area contributed by atoms with Crippen molar-refractivity contribution in [2.24, 2.45) is 0 Å². The van der Waals surface area contributed by atoms with Gasteiger partial charge < -0.3 is 10.6 Å². The van der Waals surface area contributed by atoms with Crippen LogP contribution in [0.5, 0.6) is 0 Å². The van der Waals surface area contributed by atoms with Gasteiger partial charge in [-0.15, -0.1) is 0 Å². The lowest BCUT2D eigenvalue weighted by molar-refractivity contribution is -0.130. The van der Waals surface area contributed by atoms with E-state index in [2.05, 4.69) is 11.8 Å². The lowest BCUT2D eigenvalue weighted by Gasteiger charge is -2.27. The maximum atomic E-state index is 12.3. The fourth-order valence-corrected chi connectivity index (χ4v) is 3.13. The van der Waals surface area contributed by atoms with Gasteiger partial charge in [0.1, 0.15) is 0 Å². The number of benzene rings is 1. The van der Waals surface area contributed by atoms with Crippen molar-refractivity contribution in [1.82, 2.24) is 9.80 Å². The standard InChI is InChI=1S/C17H27N3O/c1-3-20-11-5-8-16(20)13-19(2)17(21)10-9-14-6-4-7-15(18)12-14/h4,6-7,12,16H,3,5,8-11,13,18H2,1-2H3. The summed E-state index contributed by atoms with van der Waals surface area (Å²) in [4.78, 5) is 16.6. The van der Waals surface area contributed by atoms with Crippen LogP contribution in [0, 0.1) is 0 Å². The Morgan fingerprint density at radius 3 is 3.00 bits per heavy atom. The van der Waals surface area contributed by atoms with Crippen molar-refractivity contribution in [3.63, 3.8) is 0 Å². The maximum absolute atomic E-state index is 12.3. The molecule has 2 N–H and O–H groups in total. The molecule has 0 spiro atoms. The normalized spacial score (nSPS) is 18.9. The summed E-state index contributed by atoms with van der Waals surface area (Å²) in [5, 5.41) is 0. The monoisotopic (exact) mass is 289 g/mol. The number of nitrogens with two attached hydrogens (primary N) is 1. The molecule has 0 aliphatic carbocycles. The Morgan fingerprint density at radius 2 is 2.29 bits per heavy atom. The molecule has 4 heteroatoms. The Morgan fingerprint density at radius 1 is 1.48 bits per heavy atom. The van der Waals surface area contributed by atoms with Crippen LogP contribution in [0.3, 0.4) is 0 Å². The molecule has 1 heterocycles. The highest BCUT2D eigenvalue weighted by Crippen LogP contribution is 2.17. The number of nitrogens with zero attached hydrogens (tertiary/aromatic N) is 2. The number of nitrogen functional groups attached to an aromatic ring is 1. The SMILES string of the molecule is CCN1CCCC1CN(C)C(=O)CCc1cccc(N)c1. The molecule has 1 aliphatic rings.